The standard InChI is InChI=1S/C14H21BrFN/c1-2-3-4-5-6-14(17)9-11-7-12(15)10-13(16)8-11/h7-8,10,14H,2-6,9,17H2,1H3. The lowest BCUT2D eigenvalue weighted by molar-refractivity contribution is 0.544. The molecule has 1 rings (SSSR count). The van der Waals surface area contributed by atoms with Crippen LogP contribution in [-0.2, 0) is 6.42 Å². The summed E-state index contributed by atoms with van der Waals surface area (Å²) in [5.74, 6) is -0.201. The predicted octanol–water partition coefficient (Wildman–Crippen LogP) is 4.43. The van der Waals surface area contributed by atoms with Gasteiger partial charge in [-0.15, -0.1) is 0 Å². The zero-order valence-electron chi connectivity index (χ0n) is 10.4. The number of rotatable bonds is 7. The van der Waals surface area contributed by atoms with E-state index in [1.54, 1.807) is 6.07 Å². The number of hydrogen-bond acceptors (Lipinski definition) is 1. The Morgan fingerprint density at radius 3 is 2.65 bits per heavy atom. The largest absolute Gasteiger partial charge is 0.327 e. The molecule has 1 unspecified atom stereocenters. The van der Waals surface area contributed by atoms with Crippen molar-refractivity contribution in [3.05, 3.63) is 34.1 Å². The van der Waals surface area contributed by atoms with Crippen molar-refractivity contribution in [3.63, 3.8) is 0 Å². The molecule has 0 radical (unpaired) electrons. The summed E-state index contributed by atoms with van der Waals surface area (Å²) in [5, 5.41) is 0. The van der Waals surface area contributed by atoms with Crippen molar-refractivity contribution in [1.29, 1.82) is 0 Å². The number of halogens is 2. The molecule has 1 aromatic rings. The lowest BCUT2D eigenvalue weighted by Crippen LogP contribution is -2.22. The van der Waals surface area contributed by atoms with Gasteiger partial charge in [0.15, 0.2) is 0 Å². The second kappa shape index (κ2) is 7.83. The van der Waals surface area contributed by atoms with Crippen molar-refractivity contribution in [3.8, 4) is 0 Å². The number of benzene rings is 1. The number of nitrogens with two attached hydrogens (primary N) is 1. The summed E-state index contributed by atoms with van der Waals surface area (Å²) < 4.78 is 13.9. The van der Waals surface area contributed by atoms with E-state index in [2.05, 4.69) is 22.9 Å². The van der Waals surface area contributed by atoms with Crippen LogP contribution < -0.4 is 5.73 Å². The Labute approximate surface area is 112 Å². The minimum absolute atomic E-state index is 0.139. The van der Waals surface area contributed by atoms with Gasteiger partial charge in [0.2, 0.25) is 0 Å². The summed E-state index contributed by atoms with van der Waals surface area (Å²) in [6, 6.07) is 5.11. The molecule has 0 saturated carbocycles. The van der Waals surface area contributed by atoms with Crippen LogP contribution in [0.25, 0.3) is 0 Å². The quantitative estimate of drug-likeness (QED) is 0.741. The first-order chi connectivity index (χ1) is 8.11. The van der Waals surface area contributed by atoms with Gasteiger partial charge >= 0.3 is 0 Å². The van der Waals surface area contributed by atoms with Gasteiger partial charge in [0.1, 0.15) is 5.82 Å². The SMILES string of the molecule is CCCCCCC(N)Cc1cc(F)cc(Br)c1. The van der Waals surface area contributed by atoms with Crippen molar-refractivity contribution in [1.82, 2.24) is 0 Å². The predicted molar refractivity (Wildman–Crippen MR) is 74.5 cm³/mol. The van der Waals surface area contributed by atoms with Gasteiger partial charge in [-0.2, -0.15) is 0 Å². The van der Waals surface area contributed by atoms with Crippen LogP contribution in [0.2, 0.25) is 0 Å². The van der Waals surface area contributed by atoms with Crippen LogP contribution in [-0.4, -0.2) is 6.04 Å². The van der Waals surface area contributed by atoms with Crippen LogP contribution in [0.5, 0.6) is 0 Å². The minimum atomic E-state index is -0.201. The van der Waals surface area contributed by atoms with Crippen molar-refractivity contribution in [2.45, 2.75) is 51.5 Å². The molecule has 96 valence electrons. The maximum absolute atomic E-state index is 13.2. The minimum Gasteiger partial charge on any atom is -0.327 e. The van der Waals surface area contributed by atoms with Crippen molar-refractivity contribution < 1.29 is 4.39 Å². The van der Waals surface area contributed by atoms with Crippen molar-refractivity contribution in [2.24, 2.45) is 5.73 Å². The molecule has 0 heterocycles. The molecule has 0 spiro atoms. The lowest BCUT2D eigenvalue weighted by atomic mass is 10.0. The zero-order chi connectivity index (χ0) is 12.7. The molecule has 3 heteroatoms. The Kier molecular flexibility index (Phi) is 6.75. The average Bonchev–Trinajstić information content (AvgIpc) is 2.23. The van der Waals surface area contributed by atoms with Crippen LogP contribution in [0.1, 0.15) is 44.6 Å². The van der Waals surface area contributed by atoms with Gasteiger partial charge in [0.25, 0.3) is 0 Å². The molecule has 1 nitrogen and oxygen atoms in total. The molecule has 0 bridgehead atoms. The van der Waals surface area contributed by atoms with Crippen LogP contribution in [0, 0.1) is 5.82 Å². The van der Waals surface area contributed by atoms with Crippen molar-refractivity contribution >= 4 is 15.9 Å². The first kappa shape index (κ1) is 14.7. The van der Waals surface area contributed by atoms with Gasteiger partial charge in [0.05, 0.1) is 0 Å². The van der Waals surface area contributed by atoms with Gasteiger partial charge < -0.3 is 5.73 Å². The van der Waals surface area contributed by atoms with E-state index in [0.717, 1.165) is 22.9 Å². The third kappa shape index (κ3) is 6.18. The Bertz CT molecular complexity index is 321. The van der Waals surface area contributed by atoms with Gasteiger partial charge in [-0.3, -0.25) is 0 Å². The second-order valence-corrected chi connectivity index (χ2v) is 5.51. The van der Waals surface area contributed by atoms with E-state index >= 15 is 0 Å². The fourth-order valence-electron chi connectivity index (χ4n) is 1.97. The molecule has 0 aliphatic rings. The fraction of sp³-hybridized carbons (Fsp3) is 0.571. The first-order valence-corrected chi connectivity index (χ1v) is 7.11. The normalized spacial score (nSPS) is 12.7. The van der Waals surface area contributed by atoms with E-state index in [-0.39, 0.29) is 11.9 Å². The van der Waals surface area contributed by atoms with Gasteiger partial charge in [-0.25, -0.2) is 4.39 Å². The molecule has 1 atom stereocenters. The zero-order valence-corrected chi connectivity index (χ0v) is 12.0. The molecular formula is C14H21BrFN. The molecule has 1 aromatic carbocycles. The summed E-state index contributed by atoms with van der Waals surface area (Å²) in [6.07, 6.45) is 6.71. The highest BCUT2D eigenvalue weighted by molar-refractivity contribution is 9.10. The van der Waals surface area contributed by atoms with E-state index in [9.17, 15) is 4.39 Å². The molecule has 0 aromatic heterocycles. The molecule has 0 fully saturated rings. The summed E-state index contributed by atoms with van der Waals surface area (Å²) in [4.78, 5) is 0. The maximum atomic E-state index is 13.2. The van der Waals surface area contributed by atoms with Gasteiger partial charge in [0, 0.05) is 10.5 Å². The maximum Gasteiger partial charge on any atom is 0.124 e. The van der Waals surface area contributed by atoms with Crippen LogP contribution in [0.4, 0.5) is 4.39 Å². The smallest absolute Gasteiger partial charge is 0.124 e. The first-order valence-electron chi connectivity index (χ1n) is 6.32. The Morgan fingerprint density at radius 2 is 2.00 bits per heavy atom. The highest BCUT2D eigenvalue weighted by Crippen LogP contribution is 2.17. The molecule has 2 N–H and O–H groups in total. The van der Waals surface area contributed by atoms with Crippen molar-refractivity contribution in [2.75, 3.05) is 0 Å². The van der Waals surface area contributed by atoms with Crippen LogP contribution in [0.3, 0.4) is 0 Å². The Morgan fingerprint density at radius 1 is 1.24 bits per heavy atom. The van der Waals surface area contributed by atoms with Crippen LogP contribution >= 0.6 is 15.9 Å². The van der Waals surface area contributed by atoms with E-state index in [0.29, 0.717) is 0 Å². The van der Waals surface area contributed by atoms with E-state index in [1.165, 1.54) is 31.7 Å². The van der Waals surface area contributed by atoms with E-state index in [4.69, 9.17) is 5.73 Å². The highest BCUT2D eigenvalue weighted by atomic mass is 79.9. The summed E-state index contributed by atoms with van der Waals surface area (Å²) >= 11 is 3.30. The summed E-state index contributed by atoms with van der Waals surface area (Å²) in [7, 11) is 0. The topological polar surface area (TPSA) is 26.0 Å². The van der Waals surface area contributed by atoms with Gasteiger partial charge in [-0.05, 0) is 36.6 Å². The molecule has 0 aliphatic carbocycles. The number of unbranched alkanes of at least 4 members (excludes halogenated alkanes) is 3. The van der Waals surface area contributed by atoms with E-state index in [1.807, 2.05) is 6.07 Å². The molecule has 0 saturated heterocycles. The third-order valence-corrected chi connectivity index (χ3v) is 3.31. The summed E-state index contributed by atoms with van der Waals surface area (Å²) in [6.45, 7) is 2.20. The molecule has 17 heavy (non-hydrogen) atoms. The number of hydrogen-bond donors (Lipinski definition) is 1. The average molecular weight is 302 g/mol. The molecule has 0 aliphatic heterocycles. The van der Waals surface area contributed by atoms with E-state index < -0.39 is 0 Å². The Balaban J connectivity index is 2.36. The van der Waals surface area contributed by atoms with Crippen LogP contribution in [0.15, 0.2) is 22.7 Å². The second-order valence-electron chi connectivity index (χ2n) is 4.59. The molecular weight excluding hydrogens is 281 g/mol. The third-order valence-electron chi connectivity index (χ3n) is 2.85. The summed E-state index contributed by atoms with van der Waals surface area (Å²) in [5.41, 5.74) is 7.02. The fourth-order valence-corrected chi connectivity index (χ4v) is 2.48. The molecule has 0 amide bonds. The highest BCUT2D eigenvalue weighted by Gasteiger charge is 2.06. The Hall–Kier alpha value is -0.410. The monoisotopic (exact) mass is 301 g/mol. The lowest BCUT2D eigenvalue weighted by Gasteiger charge is -2.11. The van der Waals surface area contributed by atoms with Gasteiger partial charge in [-0.1, -0.05) is 48.5 Å².